The van der Waals surface area contributed by atoms with Crippen molar-refractivity contribution in [1.29, 1.82) is 0 Å². The van der Waals surface area contributed by atoms with Crippen LogP contribution in [0.5, 0.6) is 5.75 Å². The smallest absolute Gasteiger partial charge is 0.338 e. The second-order valence-electron chi connectivity index (χ2n) is 8.37. The van der Waals surface area contributed by atoms with E-state index in [1.54, 1.807) is 36.8 Å². The van der Waals surface area contributed by atoms with Gasteiger partial charge in [-0.3, -0.25) is 9.36 Å². The second-order valence-corrected chi connectivity index (χ2v) is 10.7. The van der Waals surface area contributed by atoms with E-state index >= 15 is 0 Å². The third-order valence-electron chi connectivity index (χ3n) is 6.04. The summed E-state index contributed by atoms with van der Waals surface area (Å²) in [4.78, 5) is 32.7. The van der Waals surface area contributed by atoms with E-state index in [4.69, 9.17) is 26.1 Å². The standard InChI is InChI=1S/C29H22BrClN2O4S/c1-3-37-28(35)24-25(17-7-5-4-6-8-17)32-29-33(26(24)18-9-12-21(31)13-10-18)27(34)23(38-29)16-19-15-20(30)11-14-22(19)36-2/h4-16,26H,3H2,1-2H3/b23-16-. The molecule has 1 aliphatic heterocycles. The molecule has 0 radical (unpaired) electrons. The van der Waals surface area contributed by atoms with Crippen molar-refractivity contribution in [3.63, 3.8) is 0 Å². The molecule has 0 N–H and O–H groups in total. The summed E-state index contributed by atoms with van der Waals surface area (Å²) in [6.07, 6.45) is 1.78. The molecule has 0 bridgehead atoms. The maximum absolute atomic E-state index is 14.0. The van der Waals surface area contributed by atoms with E-state index < -0.39 is 12.0 Å². The molecular weight excluding hydrogens is 588 g/mol. The first-order chi connectivity index (χ1) is 18.4. The first-order valence-electron chi connectivity index (χ1n) is 11.8. The normalized spacial score (nSPS) is 15.2. The van der Waals surface area contributed by atoms with E-state index in [9.17, 15) is 9.59 Å². The summed E-state index contributed by atoms with van der Waals surface area (Å²) < 4.78 is 13.9. The average Bonchev–Trinajstić information content (AvgIpc) is 3.23. The molecule has 0 fully saturated rings. The van der Waals surface area contributed by atoms with E-state index in [0.717, 1.165) is 15.6 Å². The lowest BCUT2D eigenvalue weighted by atomic mass is 9.93. The van der Waals surface area contributed by atoms with Crippen molar-refractivity contribution in [2.45, 2.75) is 13.0 Å². The summed E-state index contributed by atoms with van der Waals surface area (Å²) in [5.41, 5.74) is 2.69. The number of fused-ring (bicyclic) bond motifs is 1. The Balaban J connectivity index is 1.84. The van der Waals surface area contributed by atoms with Crippen LogP contribution in [0.15, 0.2) is 92.6 Å². The number of esters is 1. The first-order valence-corrected chi connectivity index (χ1v) is 13.8. The molecule has 1 atom stereocenters. The van der Waals surface area contributed by atoms with Gasteiger partial charge in [0.2, 0.25) is 0 Å². The molecular formula is C29H22BrClN2O4S. The number of hydrogen-bond donors (Lipinski definition) is 0. The Morgan fingerprint density at radius 1 is 1.13 bits per heavy atom. The number of nitrogens with zero attached hydrogens (tertiary/aromatic N) is 2. The van der Waals surface area contributed by atoms with Gasteiger partial charge in [-0.25, -0.2) is 9.79 Å². The fourth-order valence-corrected chi connectivity index (χ4v) is 5.86. The van der Waals surface area contributed by atoms with Gasteiger partial charge in [-0.05, 0) is 48.9 Å². The van der Waals surface area contributed by atoms with Crippen LogP contribution in [-0.4, -0.2) is 24.3 Å². The molecule has 6 nitrogen and oxygen atoms in total. The summed E-state index contributed by atoms with van der Waals surface area (Å²) in [6.45, 7) is 1.93. The second kappa shape index (κ2) is 11.1. The average molecular weight is 610 g/mol. The SMILES string of the molecule is CCOC(=O)C1=C(c2ccccc2)N=c2s/c(=C\c3cc(Br)ccc3OC)c(=O)n2C1c1ccc(Cl)cc1. The van der Waals surface area contributed by atoms with E-state index in [1.165, 1.54) is 11.3 Å². The number of aromatic nitrogens is 1. The molecule has 0 saturated heterocycles. The van der Waals surface area contributed by atoms with Gasteiger partial charge in [0.15, 0.2) is 4.80 Å². The quantitative estimate of drug-likeness (QED) is 0.276. The van der Waals surface area contributed by atoms with E-state index in [1.807, 2.05) is 60.7 Å². The van der Waals surface area contributed by atoms with Crippen LogP contribution in [0.25, 0.3) is 11.8 Å². The third-order valence-corrected chi connectivity index (χ3v) is 7.77. The largest absolute Gasteiger partial charge is 0.496 e. The molecule has 4 aromatic rings. The highest BCUT2D eigenvalue weighted by Crippen LogP contribution is 2.35. The molecule has 0 amide bonds. The fourth-order valence-electron chi connectivity index (χ4n) is 4.36. The predicted octanol–water partition coefficient (Wildman–Crippen LogP) is 5.36. The number of carbonyl (C=O) groups is 1. The Morgan fingerprint density at radius 3 is 2.55 bits per heavy atom. The van der Waals surface area contributed by atoms with Gasteiger partial charge in [0.05, 0.1) is 35.6 Å². The Kier molecular flexibility index (Phi) is 7.65. The minimum atomic E-state index is -0.760. The summed E-state index contributed by atoms with van der Waals surface area (Å²) in [7, 11) is 1.58. The molecule has 1 aliphatic rings. The number of ether oxygens (including phenoxy) is 2. The monoisotopic (exact) mass is 608 g/mol. The molecule has 0 spiro atoms. The van der Waals surface area contributed by atoms with E-state index in [0.29, 0.717) is 36.9 Å². The molecule has 3 aromatic carbocycles. The summed E-state index contributed by atoms with van der Waals surface area (Å²) in [6, 6.07) is 21.4. The summed E-state index contributed by atoms with van der Waals surface area (Å²) >= 11 is 10.9. The molecule has 5 rings (SSSR count). The number of thiazole rings is 1. The Bertz CT molecular complexity index is 1730. The zero-order valence-corrected chi connectivity index (χ0v) is 23.6. The van der Waals surface area contributed by atoms with Crippen molar-refractivity contribution < 1.29 is 14.3 Å². The number of halogens is 2. The highest BCUT2D eigenvalue weighted by molar-refractivity contribution is 9.10. The van der Waals surface area contributed by atoms with Crippen molar-refractivity contribution >= 4 is 56.6 Å². The number of rotatable bonds is 6. The predicted molar refractivity (Wildman–Crippen MR) is 153 cm³/mol. The van der Waals surface area contributed by atoms with Gasteiger partial charge in [-0.2, -0.15) is 0 Å². The van der Waals surface area contributed by atoms with Gasteiger partial charge >= 0.3 is 5.97 Å². The Hall–Kier alpha value is -3.46. The number of benzene rings is 3. The van der Waals surface area contributed by atoms with Crippen LogP contribution in [0.4, 0.5) is 0 Å². The molecule has 1 aromatic heterocycles. The Morgan fingerprint density at radius 2 is 1.87 bits per heavy atom. The van der Waals surface area contributed by atoms with Gasteiger partial charge in [-0.15, -0.1) is 0 Å². The maximum atomic E-state index is 14.0. The fraction of sp³-hybridized carbons (Fsp3) is 0.138. The van der Waals surface area contributed by atoms with Crippen LogP contribution in [0.3, 0.4) is 0 Å². The minimum absolute atomic E-state index is 0.185. The molecule has 1 unspecified atom stereocenters. The zero-order valence-electron chi connectivity index (χ0n) is 20.5. The van der Waals surface area contributed by atoms with Gasteiger partial charge in [0, 0.05) is 20.6 Å². The van der Waals surface area contributed by atoms with Crippen LogP contribution in [0.1, 0.15) is 29.7 Å². The Labute approximate surface area is 236 Å². The van der Waals surface area contributed by atoms with Crippen molar-refractivity contribution in [3.8, 4) is 5.75 Å². The lowest BCUT2D eigenvalue weighted by molar-refractivity contribution is -0.138. The lowest BCUT2D eigenvalue weighted by Crippen LogP contribution is -2.40. The van der Waals surface area contributed by atoms with Crippen LogP contribution < -0.4 is 19.6 Å². The molecule has 38 heavy (non-hydrogen) atoms. The van der Waals surface area contributed by atoms with Gasteiger partial charge in [-0.1, -0.05) is 81.3 Å². The van der Waals surface area contributed by atoms with E-state index in [2.05, 4.69) is 15.9 Å². The van der Waals surface area contributed by atoms with Crippen LogP contribution >= 0.6 is 38.9 Å². The third kappa shape index (κ3) is 4.99. The number of carbonyl (C=O) groups excluding carboxylic acids is 1. The topological polar surface area (TPSA) is 69.9 Å². The van der Waals surface area contributed by atoms with Gasteiger partial charge in [0.25, 0.3) is 5.56 Å². The van der Waals surface area contributed by atoms with Crippen LogP contribution in [-0.2, 0) is 9.53 Å². The minimum Gasteiger partial charge on any atom is -0.496 e. The molecule has 0 aliphatic carbocycles. The summed E-state index contributed by atoms with van der Waals surface area (Å²) in [5, 5.41) is 0.549. The van der Waals surface area contributed by atoms with Gasteiger partial charge in [0.1, 0.15) is 5.75 Å². The molecule has 2 heterocycles. The lowest BCUT2D eigenvalue weighted by Gasteiger charge is -2.25. The van der Waals surface area contributed by atoms with Crippen LogP contribution in [0, 0.1) is 0 Å². The summed E-state index contributed by atoms with van der Waals surface area (Å²) in [5.74, 6) is 0.100. The number of methoxy groups -OCH3 is 1. The van der Waals surface area contributed by atoms with Crippen molar-refractivity contribution in [1.82, 2.24) is 4.57 Å². The van der Waals surface area contributed by atoms with E-state index in [-0.39, 0.29) is 12.2 Å². The molecule has 9 heteroatoms. The molecule has 192 valence electrons. The zero-order chi connectivity index (χ0) is 26.8. The van der Waals surface area contributed by atoms with Crippen molar-refractivity contribution in [2.75, 3.05) is 13.7 Å². The highest BCUT2D eigenvalue weighted by Gasteiger charge is 2.35. The highest BCUT2D eigenvalue weighted by atomic mass is 79.9. The number of hydrogen-bond acceptors (Lipinski definition) is 6. The molecule has 0 saturated carbocycles. The van der Waals surface area contributed by atoms with Crippen molar-refractivity contribution in [2.24, 2.45) is 4.99 Å². The van der Waals surface area contributed by atoms with Crippen LogP contribution in [0.2, 0.25) is 5.02 Å². The van der Waals surface area contributed by atoms with Gasteiger partial charge < -0.3 is 9.47 Å². The first kappa shape index (κ1) is 26.2. The maximum Gasteiger partial charge on any atom is 0.338 e. The van der Waals surface area contributed by atoms with Crippen molar-refractivity contribution in [3.05, 3.63) is 124 Å².